The molecular weight excluding hydrogens is 348 g/mol. The largest absolute Gasteiger partial charge is 0.356 e. The molecule has 0 spiro atoms. The van der Waals surface area contributed by atoms with Gasteiger partial charge < -0.3 is 10.2 Å². The Morgan fingerprint density at radius 3 is 2.35 bits per heavy atom. The zero-order valence-electron chi connectivity index (χ0n) is 15.1. The molecule has 0 aliphatic heterocycles. The number of amides is 2. The molecular formula is C21H25ClN2O2. The minimum absolute atomic E-state index is 0.0714. The molecule has 2 amide bonds. The number of carbonyl (C=O) groups is 2. The predicted octanol–water partition coefficient (Wildman–Crippen LogP) is 4.68. The van der Waals surface area contributed by atoms with Crippen LogP contribution in [0.4, 0.5) is 5.69 Å². The number of anilines is 1. The van der Waals surface area contributed by atoms with Gasteiger partial charge in [0.25, 0.3) is 5.91 Å². The molecule has 2 rings (SSSR count). The Balaban J connectivity index is 2.00. The van der Waals surface area contributed by atoms with E-state index in [4.69, 9.17) is 11.6 Å². The van der Waals surface area contributed by atoms with Gasteiger partial charge in [0.15, 0.2) is 0 Å². The molecule has 0 aliphatic rings. The minimum Gasteiger partial charge on any atom is -0.356 e. The zero-order valence-corrected chi connectivity index (χ0v) is 15.8. The Bertz CT molecular complexity index is 702. The molecule has 0 saturated heterocycles. The lowest BCUT2D eigenvalue weighted by atomic mass is 10.1. The summed E-state index contributed by atoms with van der Waals surface area (Å²) in [5.74, 6) is -0.00712. The summed E-state index contributed by atoms with van der Waals surface area (Å²) in [5, 5.41) is 3.52. The summed E-state index contributed by atoms with van der Waals surface area (Å²) in [6.07, 6.45) is 3.15. The fourth-order valence-corrected chi connectivity index (χ4v) is 2.72. The smallest absolute Gasteiger partial charge is 0.258 e. The SMILES string of the molecule is CCCCC(=O)NCCCN(C(=O)c1ccc(Cl)cc1)c1ccccc1. The highest BCUT2D eigenvalue weighted by atomic mass is 35.5. The monoisotopic (exact) mass is 372 g/mol. The van der Waals surface area contributed by atoms with Crippen LogP contribution in [-0.2, 0) is 4.79 Å². The molecule has 0 radical (unpaired) electrons. The topological polar surface area (TPSA) is 49.4 Å². The fourth-order valence-electron chi connectivity index (χ4n) is 2.59. The van der Waals surface area contributed by atoms with Crippen LogP contribution in [0.25, 0.3) is 0 Å². The molecule has 1 N–H and O–H groups in total. The molecule has 2 aromatic rings. The van der Waals surface area contributed by atoms with Crippen LogP contribution >= 0.6 is 11.6 Å². The van der Waals surface area contributed by atoms with E-state index in [0.29, 0.717) is 36.5 Å². The molecule has 0 aromatic heterocycles. The van der Waals surface area contributed by atoms with Gasteiger partial charge in [-0.1, -0.05) is 43.1 Å². The first kappa shape index (κ1) is 20.0. The Morgan fingerprint density at radius 1 is 1.00 bits per heavy atom. The summed E-state index contributed by atoms with van der Waals surface area (Å²) in [6.45, 7) is 3.15. The number of carbonyl (C=O) groups excluding carboxylic acids is 2. The number of hydrogen-bond acceptors (Lipinski definition) is 2. The van der Waals surface area contributed by atoms with Gasteiger partial charge in [0.1, 0.15) is 0 Å². The predicted molar refractivity (Wildman–Crippen MR) is 107 cm³/mol. The van der Waals surface area contributed by atoms with E-state index in [0.717, 1.165) is 18.5 Å². The molecule has 0 aliphatic carbocycles. The Kier molecular flexibility index (Phi) is 8.16. The highest BCUT2D eigenvalue weighted by Gasteiger charge is 2.17. The molecule has 2 aromatic carbocycles. The molecule has 26 heavy (non-hydrogen) atoms. The van der Waals surface area contributed by atoms with Crippen LogP contribution in [0, 0.1) is 0 Å². The summed E-state index contributed by atoms with van der Waals surface area (Å²) >= 11 is 5.92. The lowest BCUT2D eigenvalue weighted by Crippen LogP contribution is -2.34. The minimum atomic E-state index is -0.0785. The molecule has 4 nitrogen and oxygen atoms in total. The van der Waals surface area contributed by atoms with Crippen molar-refractivity contribution in [2.45, 2.75) is 32.6 Å². The van der Waals surface area contributed by atoms with Gasteiger partial charge in [0.2, 0.25) is 5.91 Å². The van der Waals surface area contributed by atoms with Gasteiger partial charge in [-0.2, -0.15) is 0 Å². The average molecular weight is 373 g/mol. The van der Waals surface area contributed by atoms with Gasteiger partial charge in [0.05, 0.1) is 0 Å². The molecule has 0 bridgehead atoms. The van der Waals surface area contributed by atoms with Gasteiger partial charge in [-0.25, -0.2) is 0 Å². The number of rotatable bonds is 9. The maximum Gasteiger partial charge on any atom is 0.258 e. The van der Waals surface area contributed by atoms with Crippen LogP contribution in [0.1, 0.15) is 43.0 Å². The van der Waals surface area contributed by atoms with Crippen LogP contribution in [0.3, 0.4) is 0 Å². The number of para-hydroxylation sites is 1. The lowest BCUT2D eigenvalue weighted by molar-refractivity contribution is -0.121. The highest BCUT2D eigenvalue weighted by molar-refractivity contribution is 6.30. The summed E-state index contributed by atoms with van der Waals surface area (Å²) < 4.78 is 0. The van der Waals surface area contributed by atoms with Crippen LogP contribution in [0.2, 0.25) is 5.02 Å². The Morgan fingerprint density at radius 2 is 1.69 bits per heavy atom. The lowest BCUT2D eigenvalue weighted by Gasteiger charge is -2.23. The van der Waals surface area contributed by atoms with Crippen molar-refractivity contribution in [2.75, 3.05) is 18.0 Å². The zero-order chi connectivity index (χ0) is 18.8. The molecule has 0 fully saturated rings. The van der Waals surface area contributed by atoms with Crippen molar-refractivity contribution in [3.05, 3.63) is 65.2 Å². The highest BCUT2D eigenvalue weighted by Crippen LogP contribution is 2.18. The van der Waals surface area contributed by atoms with Crippen molar-refractivity contribution >= 4 is 29.1 Å². The number of nitrogens with zero attached hydrogens (tertiary/aromatic N) is 1. The molecule has 0 unspecified atom stereocenters. The second-order valence-electron chi connectivity index (χ2n) is 6.11. The maximum atomic E-state index is 12.9. The number of hydrogen-bond donors (Lipinski definition) is 1. The number of benzene rings is 2. The number of halogens is 1. The van der Waals surface area contributed by atoms with Crippen molar-refractivity contribution in [3.63, 3.8) is 0 Å². The van der Waals surface area contributed by atoms with E-state index in [1.165, 1.54) is 0 Å². The van der Waals surface area contributed by atoms with Crippen LogP contribution in [0.5, 0.6) is 0 Å². The standard InChI is InChI=1S/C21H25ClN2O2/c1-2-3-10-20(25)23-15-7-16-24(19-8-5-4-6-9-19)21(26)17-11-13-18(22)14-12-17/h4-6,8-9,11-14H,2-3,7,10,15-16H2,1H3,(H,23,25). The first-order chi connectivity index (χ1) is 12.6. The number of nitrogens with one attached hydrogen (secondary N) is 1. The second kappa shape index (κ2) is 10.6. The normalized spacial score (nSPS) is 10.4. The third kappa shape index (κ3) is 6.19. The van der Waals surface area contributed by atoms with Crippen molar-refractivity contribution in [1.29, 1.82) is 0 Å². The van der Waals surface area contributed by atoms with E-state index in [-0.39, 0.29) is 11.8 Å². The van der Waals surface area contributed by atoms with Crippen molar-refractivity contribution in [2.24, 2.45) is 0 Å². The van der Waals surface area contributed by atoms with Crippen LogP contribution in [0.15, 0.2) is 54.6 Å². The van der Waals surface area contributed by atoms with Crippen LogP contribution in [-0.4, -0.2) is 24.9 Å². The molecule has 0 atom stereocenters. The maximum absolute atomic E-state index is 12.9. The quantitative estimate of drug-likeness (QED) is 0.649. The summed E-state index contributed by atoms with van der Waals surface area (Å²) in [4.78, 5) is 26.4. The first-order valence-electron chi connectivity index (χ1n) is 9.01. The Hall–Kier alpha value is -2.33. The number of unbranched alkanes of at least 4 members (excludes halogenated alkanes) is 1. The Labute approximate surface area is 160 Å². The second-order valence-corrected chi connectivity index (χ2v) is 6.54. The third-order valence-corrected chi connectivity index (χ3v) is 4.29. The van der Waals surface area contributed by atoms with Gasteiger partial charge >= 0.3 is 0 Å². The van der Waals surface area contributed by atoms with Crippen LogP contribution < -0.4 is 10.2 Å². The van der Waals surface area contributed by atoms with Crippen molar-refractivity contribution < 1.29 is 9.59 Å². The molecule has 0 saturated carbocycles. The van der Waals surface area contributed by atoms with E-state index in [1.807, 2.05) is 30.3 Å². The molecule has 138 valence electrons. The van der Waals surface area contributed by atoms with Gasteiger partial charge in [0, 0.05) is 35.8 Å². The molecule has 5 heteroatoms. The van der Waals surface area contributed by atoms with E-state index in [1.54, 1.807) is 29.2 Å². The summed E-state index contributed by atoms with van der Waals surface area (Å²) in [7, 11) is 0. The fraction of sp³-hybridized carbons (Fsp3) is 0.333. The van der Waals surface area contributed by atoms with E-state index >= 15 is 0 Å². The summed E-state index contributed by atoms with van der Waals surface area (Å²) in [6, 6.07) is 16.4. The molecule has 0 heterocycles. The third-order valence-electron chi connectivity index (χ3n) is 4.04. The summed E-state index contributed by atoms with van der Waals surface area (Å²) in [5.41, 5.74) is 1.43. The van der Waals surface area contributed by atoms with Gasteiger partial charge in [-0.3, -0.25) is 9.59 Å². The van der Waals surface area contributed by atoms with E-state index in [2.05, 4.69) is 12.2 Å². The average Bonchev–Trinajstić information content (AvgIpc) is 2.67. The van der Waals surface area contributed by atoms with E-state index in [9.17, 15) is 9.59 Å². The van der Waals surface area contributed by atoms with Gasteiger partial charge in [-0.15, -0.1) is 0 Å². The van der Waals surface area contributed by atoms with E-state index < -0.39 is 0 Å². The van der Waals surface area contributed by atoms with Gasteiger partial charge in [-0.05, 0) is 49.2 Å². The van der Waals surface area contributed by atoms with Crippen molar-refractivity contribution in [1.82, 2.24) is 5.32 Å². The van der Waals surface area contributed by atoms with Crippen molar-refractivity contribution in [3.8, 4) is 0 Å². The first-order valence-corrected chi connectivity index (χ1v) is 9.38.